The van der Waals surface area contributed by atoms with Crippen molar-refractivity contribution in [2.75, 3.05) is 6.61 Å². The van der Waals surface area contributed by atoms with Crippen molar-refractivity contribution in [3.8, 4) is 0 Å². The number of hydrogen-bond acceptors (Lipinski definition) is 4. The number of ether oxygens (including phenoxy) is 1. The first-order valence-corrected chi connectivity index (χ1v) is 11.6. The highest BCUT2D eigenvalue weighted by Crippen LogP contribution is 2.61. The molecule has 4 fully saturated rings. The monoisotopic (exact) mass is 407 g/mol. The maximum absolute atomic E-state index is 15.2. The zero-order chi connectivity index (χ0) is 19.5. The average molecular weight is 408 g/mol. The minimum absolute atomic E-state index is 0.0880. The Hall–Kier alpha value is -1.63. The molecular weight excluding hydrogens is 381 g/mol. The Morgan fingerprint density at radius 1 is 1.21 bits per heavy atom. The molecule has 0 aromatic heterocycles. The second-order valence-corrected chi connectivity index (χ2v) is 10.1. The van der Waals surface area contributed by atoms with E-state index in [-0.39, 0.29) is 28.7 Å². The Kier molecular flexibility index (Phi) is 4.41. The van der Waals surface area contributed by atoms with Crippen LogP contribution >= 0.6 is 0 Å². The van der Waals surface area contributed by atoms with E-state index in [0.717, 1.165) is 38.5 Å². The molecule has 0 bridgehead atoms. The van der Waals surface area contributed by atoms with Crippen molar-refractivity contribution in [3.63, 3.8) is 0 Å². The van der Waals surface area contributed by atoms with Gasteiger partial charge in [-0.05, 0) is 68.4 Å². The van der Waals surface area contributed by atoms with E-state index >= 15 is 4.39 Å². The fourth-order valence-corrected chi connectivity index (χ4v) is 5.50. The van der Waals surface area contributed by atoms with Gasteiger partial charge in [-0.2, -0.15) is 8.42 Å². The maximum Gasteiger partial charge on any atom is 0.250 e. The Morgan fingerprint density at radius 2 is 2.00 bits per heavy atom. The van der Waals surface area contributed by atoms with Crippen molar-refractivity contribution in [1.29, 1.82) is 0 Å². The van der Waals surface area contributed by atoms with Gasteiger partial charge in [0.1, 0.15) is 5.76 Å². The first-order valence-electron chi connectivity index (χ1n) is 10.5. The molecule has 1 amide bonds. The van der Waals surface area contributed by atoms with Gasteiger partial charge >= 0.3 is 0 Å². The smallest absolute Gasteiger partial charge is 0.250 e. The molecule has 3 unspecified atom stereocenters. The molecular formula is C21H26FNO4S. The molecule has 28 heavy (non-hydrogen) atoms. The third-order valence-corrected chi connectivity index (χ3v) is 7.76. The highest BCUT2D eigenvalue weighted by molar-refractivity contribution is 7.73. The van der Waals surface area contributed by atoms with Gasteiger partial charge in [0.15, 0.2) is 11.0 Å². The number of amides is 1. The Bertz CT molecular complexity index is 905. The highest BCUT2D eigenvalue weighted by Gasteiger charge is 2.55. The van der Waals surface area contributed by atoms with E-state index in [9.17, 15) is 13.2 Å². The van der Waals surface area contributed by atoms with E-state index in [1.54, 1.807) is 6.08 Å². The number of nitrogens with one attached hydrogen (secondary N) is 1. The number of carbonyl (C=O) groups is 1. The maximum atomic E-state index is 15.2. The number of halogens is 1. The molecule has 0 heterocycles. The van der Waals surface area contributed by atoms with E-state index in [0.29, 0.717) is 18.1 Å². The first kappa shape index (κ1) is 18.4. The number of rotatable bonds is 6. The number of hydrogen-bond donors (Lipinski definition) is 1. The molecule has 152 valence electrons. The average Bonchev–Trinajstić information content (AvgIpc) is 3.52. The van der Waals surface area contributed by atoms with E-state index < -0.39 is 27.2 Å². The van der Waals surface area contributed by atoms with Crippen LogP contribution in [-0.4, -0.2) is 38.0 Å². The predicted molar refractivity (Wildman–Crippen MR) is 103 cm³/mol. The molecule has 7 heteroatoms. The summed E-state index contributed by atoms with van der Waals surface area (Å²) in [5.74, 6) is 0.497. The lowest BCUT2D eigenvalue weighted by Crippen LogP contribution is -2.37. The molecule has 3 atom stereocenters. The summed E-state index contributed by atoms with van der Waals surface area (Å²) in [5.41, 5.74) is 0.744. The van der Waals surface area contributed by atoms with Crippen molar-refractivity contribution in [2.24, 2.45) is 17.3 Å². The quantitative estimate of drug-likeness (QED) is 0.688. The molecule has 0 aliphatic heterocycles. The van der Waals surface area contributed by atoms with Crippen LogP contribution in [0.2, 0.25) is 0 Å². The molecule has 5 rings (SSSR count). The molecule has 5 aliphatic rings. The van der Waals surface area contributed by atoms with E-state index in [4.69, 9.17) is 4.74 Å². The molecule has 4 saturated carbocycles. The van der Waals surface area contributed by atoms with E-state index in [1.165, 1.54) is 19.3 Å². The van der Waals surface area contributed by atoms with Crippen molar-refractivity contribution in [3.05, 3.63) is 23.0 Å². The molecule has 0 aromatic carbocycles. The topological polar surface area (TPSA) is 72.5 Å². The van der Waals surface area contributed by atoms with Gasteiger partial charge in [-0.1, -0.05) is 12.8 Å². The van der Waals surface area contributed by atoms with Crippen molar-refractivity contribution in [2.45, 2.75) is 70.0 Å². The predicted octanol–water partition coefficient (Wildman–Crippen LogP) is 2.86. The van der Waals surface area contributed by atoms with Crippen LogP contribution in [0.5, 0.6) is 0 Å². The third kappa shape index (κ3) is 3.31. The summed E-state index contributed by atoms with van der Waals surface area (Å²) in [5, 5.41) is 2.78. The molecule has 0 saturated heterocycles. The minimum Gasteiger partial charge on any atom is -0.491 e. The van der Waals surface area contributed by atoms with Gasteiger partial charge in [-0.25, -0.2) is 4.39 Å². The summed E-state index contributed by atoms with van der Waals surface area (Å²) in [4.78, 5) is 12.1. The Balaban J connectivity index is 1.46. The van der Waals surface area contributed by atoms with Gasteiger partial charge in [0.25, 0.3) is 5.91 Å². The SMILES string of the molecule is O=C(NC1CC1)C1=CC(C2CC2)=C(OCC23CCCCC2C3)C(=S(=O)=O)C1F. The number of carbonyl (C=O) groups excluding carboxylic acids is 1. The molecule has 0 aromatic rings. The van der Waals surface area contributed by atoms with Crippen LogP contribution in [0.4, 0.5) is 4.39 Å². The van der Waals surface area contributed by atoms with Crippen LogP contribution in [0.3, 0.4) is 0 Å². The minimum atomic E-state index is -2.77. The van der Waals surface area contributed by atoms with Crippen molar-refractivity contribution >= 4 is 21.1 Å². The van der Waals surface area contributed by atoms with Gasteiger partial charge in [0.2, 0.25) is 10.3 Å². The van der Waals surface area contributed by atoms with Gasteiger partial charge in [0, 0.05) is 11.5 Å². The molecule has 1 N–H and O–H groups in total. The largest absolute Gasteiger partial charge is 0.491 e. The van der Waals surface area contributed by atoms with Crippen molar-refractivity contribution in [1.82, 2.24) is 5.32 Å². The Labute approximate surface area is 165 Å². The molecule has 5 nitrogen and oxygen atoms in total. The molecule has 5 aliphatic carbocycles. The highest BCUT2D eigenvalue weighted by atomic mass is 32.2. The lowest BCUT2D eigenvalue weighted by atomic mass is 9.89. The van der Waals surface area contributed by atoms with Gasteiger partial charge in [-0.15, -0.1) is 0 Å². The zero-order valence-electron chi connectivity index (χ0n) is 15.9. The van der Waals surface area contributed by atoms with E-state index in [1.807, 2.05) is 0 Å². The zero-order valence-corrected chi connectivity index (χ0v) is 16.7. The summed E-state index contributed by atoms with van der Waals surface area (Å²) in [6.45, 7) is 0.452. The van der Waals surface area contributed by atoms with Crippen LogP contribution in [0.25, 0.3) is 0 Å². The van der Waals surface area contributed by atoms with Crippen LogP contribution in [0, 0.1) is 17.3 Å². The summed E-state index contributed by atoms with van der Waals surface area (Å²) in [6.07, 6.45) is 9.07. The molecule has 0 spiro atoms. The van der Waals surface area contributed by atoms with E-state index in [2.05, 4.69) is 5.32 Å². The van der Waals surface area contributed by atoms with Crippen molar-refractivity contribution < 1.29 is 22.3 Å². The third-order valence-electron chi connectivity index (χ3n) is 7.01. The van der Waals surface area contributed by atoms with Gasteiger partial charge in [-0.3, -0.25) is 4.79 Å². The number of allylic oxidation sites excluding steroid dienone is 3. The molecule has 0 radical (unpaired) electrons. The summed E-state index contributed by atoms with van der Waals surface area (Å²) < 4.78 is 45.2. The number of alkyl halides is 1. The normalized spacial score (nSPS) is 34.5. The summed E-state index contributed by atoms with van der Waals surface area (Å²) >= 11 is 0. The number of fused-ring (bicyclic) bond motifs is 1. The lowest BCUT2D eigenvalue weighted by Gasteiger charge is -2.27. The standard InChI is InChI=1S/C21H26FNO4S/c22-17-16(20(24)23-14-6-7-14)9-15(12-4-5-12)18(19(17)28(25)26)27-11-21-8-2-1-3-13(21)10-21/h9,12-14,17H,1-8,10-11H2,(H,23,24). The second kappa shape index (κ2) is 6.71. The first-order chi connectivity index (χ1) is 13.5. The fraction of sp³-hybridized carbons (Fsp3) is 0.714. The fourth-order valence-electron chi connectivity index (χ4n) is 4.87. The summed E-state index contributed by atoms with van der Waals surface area (Å²) in [6, 6.07) is 0.0880. The van der Waals surface area contributed by atoms with Crippen LogP contribution in [0.1, 0.15) is 57.8 Å². The summed E-state index contributed by atoms with van der Waals surface area (Å²) in [7, 11) is -2.77. The van der Waals surface area contributed by atoms with Gasteiger partial charge < -0.3 is 10.1 Å². The Morgan fingerprint density at radius 3 is 2.64 bits per heavy atom. The second-order valence-electron chi connectivity index (χ2n) is 9.17. The van der Waals surface area contributed by atoms with Crippen LogP contribution < -0.4 is 5.32 Å². The van der Waals surface area contributed by atoms with Crippen LogP contribution in [0.15, 0.2) is 23.0 Å². The lowest BCUT2D eigenvalue weighted by molar-refractivity contribution is -0.118. The van der Waals surface area contributed by atoms with Gasteiger partial charge in [0.05, 0.1) is 12.2 Å². The van der Waals surface area contributed by atoms with Crippen LogP contribution in [-0.2, 0) is 19.8 Å².